The number of carboxylic acid groups (broad SMARTS) is 1. The second-order valence-corrected chi connectivity index (χ2v) is 4.73. The van der Waals surface area contributed by atoms with Crippen molar-refractivity contribution in [2.75, 3.05) is 0 Å². The first-order chi connectivity index (χ1) is 8.66. The predicted octanol–water partition coefficient (Wildman–Crippen LogP) is 1.88. The molecule has 6 nitrogen and oxygen atoms in total. The van der Waals surface area contributed by atoms with Gasteiger partial charge in [-0.05, 0) is 13.0 Å². The van der Waals surface area contributed by atoms with Crippen LogP contribution in [0.4, 0.5) is 0 Å². The smallest absolute Gasteiger partial charge is 0.345 e. The van der Waals surface area contributed by atoms with Crippen LogP contribution in [0, 0.1) is 6.92 Å². The summed E-state index contributed by atoms with van der Waals surface area (Å²) < 4.78 is 1.62. The predicted molar refractivity (Wildman–Crippen MR) is 66.2 cm³/mol. The van der Waals surface area contributed by atoms with Gasteiger partial charge in [0.25, 0.3) is 0 Å². The number of aromatic nitrogens is 4. The molecule has 3 aromatic rings. The minimum absolute atomic E-state index is 0.295. The fourth-order valence-electron chi connectivity index (χ4n) is 1.71. The van der Waals surface area contributed by atoms with Crippen LogP contribution in [-0.2, 0) is 0 Å². The summed E-state index contributed by atoms with van der Waals surface area (Å²) in [6.07, 6.45) is 4.74. The summed E-state index contributed by atoms with van der Waals surface area (Å²) in [6, 6.07) is 1.64. The molecule has 0 fully saturated rings. The summed E-state index contributed by atoms with van der Waals surface area (Å²) >= 11 is 1.18. The van der Waals surface area contributed by atoms with Gasteiger partial charge in [-0.1, -0.05) is 0 Å². The number of carbonyl (C=O) groups is 1. The Morgan fingerprint density at radius 2 is 2.28 bits per heavy atom. The minimum Gasteiger partial charge on any atom is -0.477 e. The minimum atomic E-state index is -0.929. The zero-order valence-electron chi connectivity index (χ0n) is 9.36. The molecule has 0 aliphatic heterocycles. The molecule has 0 atom stereocenters. The van der Waals surface area contributed by atoms with Crippen molar-refractivity contribution in [3.63, 3.8) is 0 Å². The SMILES string of the molecule is Cc1nn(-c2cnccn2)c2sc(C(=O)O)cc12. The topological polar surface area (TPSA) is 80.9 Å². The van der Waals surface area contributed by atoms with Gasteiger partial charge in [-0.15, -0.1) is 11.3 Å². The lowest BCUT2D eigenvalue weighted by atomic mass is 10.3. The lowest BCUT2D eigenvalue weighted by Crippen LogP contribution is -1.99. The number of hydrogen-bond acceptors (Lipinski definition) is 5. The van der Waals surface area contributed by atoms with Crippen LogP contribution < -0.4 is 0 Å². The zero-order chi connectivity index (χ0) is 12.7. The fraction of sp³-hybridized carbons (Fsp3) is 0.0909. The number of thiophene rings is 1. The zero-order valence-corrected chi connectivity index (χ0v) is 10.2. The number of nitrogens with zero attached hydrogens (tertiary/aromatic N) is 4. The maximum atomic E-state index is 11.0. The van der Waals surface area contributed by atoms with E-state index in [2.05, 4.69) is 15.1 Å². The van der Waals surface area contributed by atoms with E-state index in [1.165, 1.54) is 11.3 Å². The molecule has 0 bridgehead atoms. The Balaban J connectivity index is 2.27. The Labute approximate surface area is 106 Å². The van der Waals surface area contributed by atoms with E-state index in [0.29, 0.717) is 10.7 Å². The van der Waals surface area contributed by atoms with Crippen molar-refractivity contribution in [1.82, 2.24) is 19.7 Å². The average Bonchev–Trinajstić information content (AvgIpc) is 2.92. The van der Waals surface area contributed by atoms with Crippen LogP contribution in [0.5, 0.6) is 0 Å². The van der Waals surface area contributed by atoms with E-state index < -0.39 is 5.97 Å². The highest BCUT2D eigenvalue weighted by atomic mass is 32.1. The summed E-state index contributed by atoms with van der Waals surface area (Å²) in [4.78, 5) is 20.2. The van der Waals surface area contributed by atoms with E-state index in [-0.39, 0.29) is 0 Å². The monoisotopic (exact) mass is 260 g/mol. The Kier molecular flexibility index (Phi) is 2.34. The molecule has 0 saturated heterocycles. The van der Waals surface area contributed by atoms with Gasteiger partial charge < -0.3 is 5.11 Å². The van der Waals surface area contributed by atoms with Gasteiger partial charge in [-0.25, -0.2) is 14.5 Å². The molecule has 0 saturated carbocycles. The normalized spacial score (nSPS) is 10.9. The molecule has 7 heteroatoms. The van der Waals surface area contributed by atoms with Gasteiger partial charge in [0.05, 0.1) is 11.9 Å². The summed E-state index contributed by atoms with van der Waals surface area (Å²) in [5.41, 5.74) is 0.777. The van der Waals surface area contributed by atoms with Gasteiger partial charge in [0.1, 0.15) is 9.71 Å². The van der Waals surface area contributed by atoms with Crippen LogP contribution >= 0.6 is 11.3 Å². The molecule has 1 N–H and O–H groups in total. The number of rotatable bonds is 2. The molecule has 0 aliphatic carbocycles. The molecule has 0 unspecified atom stereocenters. The maximum absolute atomic E-state index is 11.0. The Bertz CT molecular complexity index is 732. The van der Waals surface area contributed by atoms with Crippen molar-refractivity contribution in [1.29, 1.82) is 0 Å². The van der Waals surface area contributed by atoms with Crippen LogP contribution in [0.2, 0.25) is 0 Å². The van der Waals surface area contributed by atoms with Gasteiger partial charge in [-0.2, -0.15) is 5.10 Å². The van der Waals surface area contributed by atoms with Crippen LogP contribution in [0.25, 0.3) is 16.0 Å². The van der Waals surface area contributed by atoms with E-state index in [9.17, 15) is 4.79 Å². The number of carboxylic acids is 1. The first-order valence-corrected chi connectivity index (χ1v) is 5.97. The van der Waals surface area contributed by atoms with Gasteiger partial charge in [0.2, 0.25) is 0 Å². The highest BCUT2D eigenvalue weighted by Gasteiger charge is 2.16. The maximum Gasteiger partial charge on any atom is 0.345 e. The molecule has 0 spiro atoms. The molecule has 0 radical (unpaired) electrons. The molecule has 90 valence electrons. The molecule has 3 aromatic heterocycles. The van der Waals surface area contributed by atoms with E-state index in [4.69, 9.17) is 5.11 Å². The Hall–Kier alpha value is -2.28. The molecular formula is C11H8N4O2S. The second kappa shape index (κ2) is 3.88. The standard InChI is InChI=1S/C11H8N4O2S/c1-6-7-4-8(11(16)17)18-10(7)15(14-6)9-5-12-2-3-13-9/h2-5H,1H3,(H,16,17). The fourth-order valence-corrected chi connectivity index (χ4v) is 2.72. The third kappa shape index (κ3) is 1.56. The first kappa shape index (κ1) is 10.8. The summed E-state index contributed by atoms with van der Waals surface area (Å²) in [6.45, 7) is 1.84. The lowest BCUT2D eigenvalue weighted by molar-refractivity contribution is 0.0702. The molecule has 0 amide bonds. The van der Waals surface area contributed by atoms with Crippen molar-refractivity contribution < 1.29 is 9.90 Å². The lowest BCUT2D eigenvalue weighted by Gasteiger charge is -1.98. The summed E-state index contributed by atoms with van der Waals surface area (Å²) in [5.74, 6) is -0.351. The number of aromatic carboxylic acids is 1. The van der Waals surface area contributed by atoms with E-state index >= 15 is 0 Å². The number of hydrogen-bond donors (Lipinski definition) is 1. The van der Waals surface area contributed by atoms with Crippen LogP contribution in [-0.4, -0.2) is 30.8 Å². The quantitative estimate of drug-likeness (QED) is 0.760. The molecule has 18 heavy (non-hydrogen) atoms. The van der Waals surface area contributed by atoms with Crippen LogP contribution in [0.15, 0.2) is 24.7 Å². The summed E-state index contributed by atoms with van der Waals surface area (Å²) in [5, 5.41) is 14.2. The first-order valence-electron chi connectivity index (χ1n) is 5.15. The van der Waals surface area contributed by atoms with Crippen LogP contribution in [0.3, 0.4) is 0 Å². The largest absolute Gasteiger partial charge is 0.477 e. The third-order valence-electron chi connectivity index (χ3n) is 2.52. The highest BCUT2D eigenvalue weighted by Crippen LogP contribution is 2.29. The molecule has 0 aromatic carbocycles. The van der Waals surface area contributed by atoms with Crippen molar-refractivity contribution in [3.05, 3.63) is 35.2 Å². The van der Waals surface area contributed by atoms with Crippen molar-refractivity contribution in [2.45, 2.75) is 6.92 Å². The molecule has 3 rings (SSSR count). The Morgan fingerprint density at radius 1 is 1.44 bits per heavy atom. The molecular weight excluding hydrogens is 252 g/mol. The van der Waals surface area contributed by atoms with Gasteiger partial charge in [0, 0.05) is 17.8 Å². The molecule has 3 heterocycles. The van der Waals surface area contributed by atoms with Gasteiger partial charge in [-0.3, -0.25) is 4.98 Å². The van der Waals surface area contributed by atoms with E-state index in [0.717, 1.165) is 15.9 Å². The van der Waals surface area contributed by atoms with E-state index in [1.807, 2.05) is 6.92 Å². The number of aryl methyl sites for hydroxylation is 1. The number of fused-ring (bicyclic) bond motifs is 1. The van der Waals surface area contributed by atoms with Crippen LogP contribution in [0.1, 0.15) is 15.4 Å². The second-order valence-electron chi connectivity index (χ2n) is 3.70. The molecule has 0 aliphatic rings. The van der Waals surface area contributed by atoms with Crippen molar-refractivity contribution in [3.8, 4) is 5.82 Å². The van der Waals surface area contributed by atoms with Gasteiger partial charge in [0.15, 0.2) is 5.82 Å². The Morgan fingerprint density at radius 3 is 2.94 bits per heavy atom. The van der Waals surface area contributed by atoms with Gasteiger partial charge >= 0.3 is 5.97 Å². The summed E-state index contributed by atoms with van der Waals surface area (Å²) in [7, 11) is 0. The van der Waals surface area contributed by atoms with E-state index in [1.54, 1.807) is 29.3 Å². The highest BCUT2D eigenvalue weighted by molar-refractivity contribution is 7.20. The third-order valence-corrected chi connectivity index (χ3v) is 3.62. The average molecular weight is 260 g/mol. The van der Waals surface area contributed by atoms with Crippen molar-refractivity contribution in [2.24, 2.45) is 0 Å². The van der Waals surface area contributed by atoms with Crippen molar-refractivity contribution >= 4 is 27.5 Å².